The zero-order chi connectivity index (χ0) is 39.1. The molecule has 0 fully saturated rings. The molecule has 292 valence electrons. The van der Waals surface area contributed by atoms with Crippen LogP contribution in [0.15, 0.2) is 4.99 Å². The fourth-order valence-corrected chi connectivity index (χ4v) is 4.39. The summed E-state index contributed by atoms with van der Waals surface area (Å²) < 4.78 is 0. The van der Waals surface area contributed by atoms with E-state index in [0.717, 1.165) is 0 Å². The largest absolute Gasteiger partial charge is 0.480 e. The van der Waals surface area contributed by atoms with Crippen LogP contribution in [0.3, 0.4) is 0 Å². The maximum atomic E-state index is 13.7. The van der Waals surface area contributed by atoms with Gasteiger partial charge in [0.05, 0.1) is 12.6 Å². The van der Waals surface area contributed by atoms with E-state index in [4.69, 9.17) is 33.8 Å². The third-order valence-corrected chi connectivity index (χ3v) is 7.45. The fraction of sp³-hybridized carbons (Fsp3) is 0.733. The molecule has 0 aliphatic heterocycles. The Kier molecular flexibility index (Phi) is 23.1. The molecule has 0 unspecified atom stereocenters. The number of carbonyl (C=O) groups is 7. The Morgan fingerprint density at radius 1 is 0.569 bits per heavy atom. The second kappa shape index (κ2) is 25.4. The molecule has 0 rings (SSSR count). The molecule has 21 nitrogen and oxygen atoms in total. The van der Waals surface area contributed by atoms with Crippen molar-refractivity contribution in [1.82, 2.24) is 31.9 Å². The highest BCUT2D eigenvalue weighted by molar-refractivity contribution is 5.97. The van der Waals surface area contributed by atoms with Gasteiger partial charge in [-0.1, -0.05) is 0 Å². The number of carboxylic acid groups (broad SMARTS) is 1. The molecule has 7 atom stereocenters. The molecule has 0 heterocycles. The lowest BCUT2D eigenvalue weighted by atomic mass is 10.0. The summed E-state index contributed by atoms with van der Waals surface area (Å²) in [5.74, 6) is -6.15. The van der Waals surface area contributed by atoms with Gasteiger partial charge in [0.15, 0.2) is 5.96 Å². The predicted molar refractivity (Wildman–Crippen MR) is 187 cm³/mol. The van der Waals surface area contributed by atoms with Gasteiger partial charge in [0.2, 0.25) is 35.4 Å². The van der Waals surface area contributed by atoms with Crippen molar-refractivity contribution in [1.29, 1.82) is 0 Å². The molecule has 21 heteroatoms. The summed E-state index contributed by atoms with van der Waals surface area (Å²) in [6, 6.07) is -8.48. The number of amides is 6. The van der Waals surface area contributed by atoms with Crippen LogP contribution in [0.2, 0.25) is 0 Å². The van der Waals surface area contributed by atoms with Gasteiger partial charge in [-0.25, -0.2) is 0 Å². The van der Waals surface area contributed by atoms with Crippen molar-refractivity contribution >= 4 is 47.4 Å². The molecular formula is C30H58N12O9. The van der Waals surface area contributed by atoms with Crippen LogP contribution in [0.5, 0.6) is 0 Å². The average Bonchev–Trinajstić information content (AvgIpc) is 3.06. The zero-order valence-corrected chi connectivity index (χ0v) is 29.6. The zero-order valence-electron chi connectivity index (χ0n) is 29.6. The van der Waals surface area contributed by atoms with E-state index in [0.29, 0.717) is 32.2 Å². The van der Waals surface area contributed by atoms with Crippen LogP contribution in [-0.4, -0.2) is 126 Å². The normalized spacial score (nSPS) is 15.0. The number of aliphatic imine (C=N–C) groups is 1. The molecule has 0 radical (unpaired) electrons. The maximum absolute atomic E-state index is 13.7. The Hall–Kier alpha value is -4.60. The lowest BCUT2D eigenvalue weighted by molar-refractivity contribution is -0.141. The van der Waals surface area contributed by atoms with E-state index in [1.54, 1.807) is 0 Å². The van der Waals surface area contributed by atoms with Gasteiger partial charge in [-0.3, -0.25) is 38.6 Å². The average molecular weight is 731 g/mol. The highest BCUT2D eigenvalue weighted by Gasteiger charge is 2.32. The molecule has 0 aliphatic rings. The molecule has 6 amide bonds. The number of nitrogens with two attached hydrogens (primary N) is 5. The van der Waals surface area contributed by atoms with Gasteiger partial charge in [-0.2, -0.15) is 0 Å². The topological polar surface area (TPSA) is 375 Å². The van der Waals surface area contributed by atoms with Crippen LogP contribution in [0.25, 0.3) is 0 Å². The van der Waals surface area contributed by atoms with E-state index >= 15 is 0 Å². The fourth-order valence-electron chi connectivity index (χ4n) is 4.39. The molecule has 0 aromatic carbocycles. The first-order valence-electron chi connectivity index (χ1n) is 16.9. The lowest BCUT2D eigenvalue weighted by Gasteiger charge is -2.27. The summed E-state index contributed by atoms with van der Waals surface area (Å²) >= 11 is 0. The van der Waals surface area contributed by atoms with Crippen molar-refractivity contribution in [3.8, 4) is 0 Å². The number of hydrogen-bond donors (Lipinski definition) is 13. The molecule has 0 aliphatic carbocycles. The van der Waals surface area contributed by atoms with Crippen LogP contribution < -0.4 is 60.6 Å². The lowest BCUT2D eigenvalue weighted by Crippen LogP contribution is -2.60. The summed E-state index contributed by atoms with van der Waals surface area (Å²) in [6.45, 7) is 3.83. The van der Waals surface area contributed by atoms with E-state index < -0.39 is 90.3 Å². The SMILES string of the molecule is C[C@H](N)C(=O)N[C@@H](CCCCN)C(=O)N[C@@H](CCCN=C(N)N)C(=O)N[C@@H](CCCCN)C(=O)N[C@@H](CO)C(=O)N[C@@H](C)C(=O)N[C@@H](C)C(=O)O. The number of unbranched alkanes of at least 4 members (excludes halogenated alkanes) is 2. The van der Waals surface area contributed by atoms with Crippen LogP contribution >= 0.6 is 0 Å². The van der Waals surface area contributed by atoms with E-state index in [2.05, 4.69) is 36.9 Å². The van der Waals surface area contributed by atoms with E-state index in [-0.39, 0.29) is 44.7 Å². The molecule has 0 aromatic heterocycles. The number of guanidine groups is 1. The number of aliphatic carboxylic acids is 1. The number of hydrogen-bond acceptors (Lipinski definition) is 12. The molecule has 0 spiro atoms. The van der Waals surface area contributed by atoms with E-state index in [1.165, 1.54) is 20.8 Å². The van der Waals surface area contributed by atoms with E-state index in [1.807, 2.05) is 0 Å². The second-order valence-electron chi connectivity index (χ2n) is 12.0. The monoisotopic (exact) mass is 730 g/mol. The summed E-state index contributed by atoms with van der Waals surface area (Å²) in [4.78, 5) is 92.9. The molecule has 0 saturated carbocycles. The van der Waals surface area contributed by atoms with Crippen LogP contribution in [0.4, 0.5) is 0 Å². The van der Waals surface area contributed by atoms with Crippen molar-refractivity contribution in [2.75, 3.05) is 26.2 Å². The van der Waals surface area contributed by atoms with Gasteiger partial charge in [0.1, 0.15) is 36.3 Å². The number of carboxylic acids is 1. The van der Waals surface area contributed by atoms with Crippen LogP contribution in [0, 0.1) is 0 Å². The minimum absolute atomic E-state index is 0.0182. The van der Waals surface area contributed by atoms with Crippen molar-refractivity contribution in [2.24, 2.45) is 33.7 Å². The summed E-state index contributed by atoms with van der Waals surface area (Å²) in [5, 5.41) is 33.5. The first-order valence-corrected chi connectivity index (χ1v) is 16.9. The molecular weight excluding hydrogens is 672 g/mol. The summed E-state index contributed by atoms with van der Waals surface area (Å²) in [6.07, 6.45) is 2.42. The van der Waals surface area contributed by atoms with Crippen LogP contribution in [0.1, 0.15) is 72.1 Å². The number of carbonyl (C=O) groups excluding carboxylic acids is 6. The number of aliphatic hydroxyl groups excluding tert-OH is 1. The minimum atomic E-state index is -1.56. The van der Waals surface area contributed by atoms with Crippen LogP contribution in [-0.2, 0) is 33.6 Å². The third-order valence-electron chi connectivity index (χ3n) is 7.45. The van der Waals surface area contributed by atoms with Gasteiger partial charge < -0.3 is 70.8 Å². The highest BCUT2D eigenvalue weighted by Crippen LogP contribution is 2.08. The van der Waals surface area contributed by atoms with Gasteiger partial charge in [-0.05, 0) is 85.2 Å². The van der Waals surface area contributed by atoms with Gasteiger partial charge in [0.25, 0.3) is 0 Å². The minimum Gasteiger partial charge on any atom is -0.480 e. The first kappa shape index (κ1) is 46.4. The number of nitrogens with one attached hydrogen (secondary N) is 6. The first-order chi connectivity index (χ1) is 24.0. The Bertz CT molecular complexity index is 1180. The number of aliphatic hydroxyl groups is 1. The number of nitrogens with zero attached hydrogens (tertiary/aromatic N) is 1. The molecule has 18 N–H and O–H groups in total. The van der Waals surface area contributed by atoms with Gasteiger partial charge in [-0.15, -0.1) is 0 Å². The van der Waals surface area contributed by atoms with Crippen molar-refractivity contribution in [2.45, 2.75) is 114 Å². The maximum Gasteiger partial charge on any atom is 0.325 e. The van der Waals surface area contributed by atoms with Crippen molar-refractivity contribution in [3.63, 3.8) is 0 Å². The second-order valence-corrected chi connectivity index (χ2v) is 12.0. The standard InChI is InChI=1S/C30H58N12O9/c1-16(33)23(44)39-19(9-4-6-12-31)25(46)41-21(11-8-14-36-30(34)35)26(47)40-20(10-5-7-13-32)27(48)42-22(15-43)28(49)37-17(2)24(45)38-18(3)29(50)51/h16-22,43H,4-15,31-33H2,1-3H3,(H,37,49)(H,38,45)(H,39,44)(H,40,47)(H,41,46)(H,42,48)(H,50,51)(H4,34,35,36)/t16-,17-,18-,19-,20-,21-,22-/m0/s1. The quantitative estimate of drug-likeness (QED) is 0.0225. The molecule has 0 aromatic rings. The Balaban J connectivity index is 6.06. The number of rotatable bonds is 26. The van der Waals surface area contributed by atoms with E-state index in [9.17, 15) is 38.7 Å². The van der Waals surface area contributed by atoms with Gasteiger partial charge in [0, 0.05) is 6.54 Å². The Morgan fingerprint density at radius 2 is 0.961 bits per heavy atom. The summed E-state index contributed by atoms with van der Waals surface area (Å²) in [7, 11) is 0. The molecule has 51 heavy (non-hydrogen) atoms. The smallest absolute Gasteiger partial charge is 0.325 e. The van der Waals surface area contributed by atoms with Gasteiger partial charge >= 0.3 is 5.97 Å². The molecule has 0 bridgehead atoms. The molecule has 0 saturated heterocycles. The Morgan fingerprint density at radius 3 is 1.35 bits per heavy atom. The van der Waals surface area contributed by atoms with Crippen molar-refractivity contribution in [3.05, 3.63) is 0 Å². The highest BCUT2D eigenvalue weighted by atomic mass is 16.4. The third kappa shape index (κ3) is 19.4. The predicted octanol–water partition coefficient (Wildman–Crippen LogP) is -5.33. The summed E-state index contributed by atoms with van der Waals surface area (Å²) in [5.41, 5.74) is 27.7. The van der Waals surface area contributed by atoms with Crippen molar-refractivity contribution < 1.29 is 43.8 Å². The Labute approximate surface area is 297 Å².